The van der Waals surface area contributed by atoms with Crippen molar-refractivity contribution in [1.29, 1.82) is 0 Å². The van der Waals surface area contributed by atoms with Crippen LogP contribution in [-0.4, -0.2) is 31.7 Å². The number of nitrogens with one attached hydrogen (secondary N) is 1. The molecule has 0 aliphatic carbocycles. The van der Waals surface area contributed by atoms with Gasteiger partial charge in [-0.05, 0) is 49.6 Å². The lowest BCUT2D eigenvalue weighted by atomic mass is 10.1. The minimum absolute atomic E-state index is 0.0809. The van der Waals surface area contributed by atoms with E-state index in [1.165, 1.54) is 22.5 Å². The standard InChI is InChI=1S/C18H18F2N2O3S/c1-12-4-5-13(10-17(12)26(24,25)22-8-2-3-9-22)18(23)21-14-6-7-15(19)16(20)11-14/h4-7,10-11H,2-3,8-9H2,1H3,(H,21,23). The van der Waals surface area contributed by atoms with Gasteiger partial charge in [-0.1, -0.05) is 6.07 Å². The summed E-state index contributed by atoms with van der Waals surface area (Å²) in [6, 6.07) is 7.37. The lowest BCUT2D eigenvalue weighted by Crippen LogP contribution is -2.28. The Hall–Kier alpha value is -2.32. The predicted octanol–water partition coefficient (Wildman–Crippen LogP) is 3.31. The van der Waals surface area contributed by atoms with Crippen LogP contribution in [0.3, 0.4) is 0 Å². The molecule has 1 saturated heterocycles. The molecular weight excluding hydrogens is 362 g/mol. The highest BCUT2D eigenvalue weighted by molar-refractivity contribution is 7.89. The highest BCUT2D eigenvalue weighted by Gasteiger charge is 2.29. The molecular formula is C18H18F2N2O3S. The van der Waals surface area contributed by atoms with E-state index in [1.807, 2.05) is 0 Å². The molecule has 0 radical (unpaired) electrons. The fraction of sp³-hybridized carbons (Fsp3) is 0.278. The van der Waals surface area contributed by atoms with E-state index in [9.17, 15) is 22.0 Å². The number of hydrogen-bond donors (Lipinski definition) is 1. The molecule has 3 rings (SSSR count). The van der Waals surface area contributed by atoms with Gasteiger partial charge >= 0.3 is 0 Å². The number of carbonyl (C=O) groups excluding carboxylic acids is 1. The summed E-state index contributed by atoms with van der Waals surface area (Å²) in [6.07, 6.45) is 1.63. The molecule has 1 aliphatic heterocycles. The highest BCUT2D eigenvalue weighted by atomic mass is 32.2. The van der Waals surface area contributed by atoms with Gasteiger partial charge in [0.1, 0.15) is 0 Å². The zero-order valence-electron chi connectivity index (χ0n) is 14.1. The minimum atomic E-state index is -3.67. The number of amides is 1. The van der Waals surface area contributed by atoms with Crippen molar-refractivity contribution < 1.29 is 22.0 Å². The zero-order chi connectivity index (χ0) is 18.9. The van der Waals surface area contributed by atoms with Crippen molar-refractivity contribution in [3.05, 3.63) is 59.2 Å². The van der Waals surface area contributed by atoms with Crippen LogP contribution < -0.4 is 5.32 Å². The number of sulfonamides is 1. The molecule has 1 heterocycles. The van der Waals surface area contributed by atoms with Gasteiger partial charge in [0.25, 0.3) is 5.91 Å². The molecule has 1 amide bonds. The van der Waals surface area contributed by atoms with Crippen molar-refractivity contribution in [3.8, 4) is 0 Å². The van der Waals surface area contributed by atoms with Gasteiger partial charge in [-0.2, -0.15) is 4.31 Å². The maximum absolute atomic E-state index is 13.3. The van der Waals surface area contributed by atoms with Crippen LogP contribution in [0.25, 0.3) is 0 Å². The molecule has 2 aromatic rings. The van der Waals surface area contributed by atoms with Crippen LogP contribution in [0.1, 0.15) is 28.8 Å². The Bertz CT molecular complexity index is 955. The molecule has 0 spiro atoms. The summed E-state index contributed by atoms with van der Waals surface area (Å²) in [6.45, 7) is 2.60. The van der Waals surface area contributed by atoms with Crippen LogP contribution in [0.15, 0.2) is 41.3 Å². The Morgan fingerprint density at radius 2 is 1.73 bits per heavy atom. The fourth-order valence-corrected chi connectivity index (χ4v) is 4.63. The van der Waals surface area contributed by atoms with Crippen molar-refractivity contribution in [1.82, 2.24) is 4.31 Å². The number of aryl methyl sites for hydroxylation is 1. The molecule has 0 bridgehead atoms. The van der Waals surface area contributed by atoms with Gasteiger partial charge in [-0.25, -0.2) is 17.2 Å². The molecule has 2 aromatic carbocycles. The van der Waals surface area contributed by atoms with Gasteiger partial charge < -0.3 is 5.32 Å². The lowest BCUT2D eigenvalue weighted by Gasteiger charge is -2.18. The van der Waals surface area contributed by atoms with Crippen molar-refractivity contribution >= 4 is 21.6 Å². The molecule has 138 valence electrons. The topological polar surface area (TPSA) is 66.5 Å². The molecule has 8 heteroatoms. The van der Waals surface area contributed by atoms with Gasteiger partial charge in [0.15, 0.2) is 11.6 Å². The maximum Gasteiger partial charge on any atom is 0.255 e. The average Bonchev–Trinajstić information content (AvgIpc) is 3.14. The van der Waals surface area contributed by atoms with Crippen LogP contribution in [0, 0.1) is 18.6 Å². The third kappa shape index (κ3) is 3.61. The van der Waals surface area contributed by atoms with E-state index in [0.29, 0.717) is 18.7 Å². The van der Waals surface area contributed by atoms with Crippen molar-refractivity contribution in [2.75, 3.05) is 18.4 Å². The van der Waals surface area contributed by atoms with E-state index in [2.05, 4.69) is 5.32 Å². The third-order valence-corrected chi connectivity index (χ3v) is 6.35. The van der Waals surface area contributed by atoms with Crippen LogP contribution in [0.2, 0.25) is 0 Å². The second-order valence-electron chi connectivity index (χ2n) is 6.17. The number of nitrogens with zero attached hydrogens (tertiary/aromatic N) is 1. The van der Waals surface area contributed by atoms with Gasteiger partial charge in [-0.3, -0.25) is 4.79 Å². The van der Waals surface area contributed by atoms with E-state index < -0.39 is 27.6 Å². The number of anilines is 1. The van der Waals surface area contributed by atoms with Gasteiger partial charge in [0, 0.05) is 30.4 Å². The Morgan fingerprint density at radius 1 is 1.04 bits per heavy atom. The predicted molar refractivity (Wildman–Crippen MR) is 93.5 cm³/mol. The van der Waals surface area contributed by atoms with E-state index in [1.54, 1.807) is 13.0 Å². The molecule has 1 aliphatic rings. The monoisotopic (exact) mass is 380 g/mol. The summed E-state index contributed by atoms with van der Waals surface area (Å²) >= 11 is 0. The SMILES string of the molecule is Cc1ccc(C(=O)Nc2ccc(F)c(F)c2)cc1S(=O)(=O)N1CCCC1. The fourth-order valence-electron chi connectivity index (χ4n) is 2.86. The quantitative estimate of drug-likeness (QED) is 0.885. The second-order valence-corrected chi connectivity index (χ2v) is 8.08. The van der Waals surface area contributed by atoms with E-state index in [-0.39, 0.29) is 16.1 Å². The Morgan fingerprint density at radius 3 is 2.38 bits per heavy atom. The molecule has 26 heavy (non-hydrogen) atoms. The average molecular weight is 380 g/mol. The van der Waals surface area contributed by atoms with E-state index in [4.69, 9.17) is 0 Å². The van der Waals surface area contributed by atoms with Gasteiger partial charge in [0.05, 0.1) is 4.90 Å². The molecule has 1 fully saturated rings. The zero-order valence-corrected chi connectivity index (χ0v) is 14.9. The first-order valence-electron chi connectivity index (χ1n) is 8.16. The molecule has 0 unspecified atom stereocenters. The first kappa shape index (κ1) is 18.5. The van der Waals surface area contributed by atoms with Crippen LogP contribution in [-0.2, 0) is 10.0 Å². The minimum Gasteiger partial charge on any atom is -0.322 e. The summed E-state index contributed by atoms with van der Waals surface area (Å²) in [4.78, 5) is 12.5. The number of carbonyl (C=O) groups is 1. The molecule has 5 nitrogen and oxygen atoms in total. The summed E-state index contributed by atoms with van der Waals surface area (Å²) in [5.74, 6) is -2.70. The second kappa shape index (κ2) is 7.13. The van der Waals surface area contributed by atoms with Crippen LogP contribution in [0.4, 0.5) is 14.5 Å². The smallest absolute Gasteiger partial charge is 0.255 e. The molecule has 1 N–H and O–H groups in total. The Labute approximate surface area is 150 Å². The maximum atomic E-state index is 13.3. The normalized spacial score (nSPS) is 15.2. The van der Waals surface area contributed by atoms with Crippen LogP contribution in [0.5, 0.6) is 0 Å². The summed E-state index contributed by atoms with van der Waals surface area (Å²) in [5, 5.41) is 2.44. The summed E-state index contributed by atoms with van der Waals surface area (Å²) < 4.78 is 53.2. The van der Waals surface area contributed by atoms with E-state index in [0.717, 1.165) is 25.0 Å². The first-order valence-corrected chi connectivity index (χ1v) is 9.60. The highest BCUT2D eigenvalue weighted by Crippen LogP contribution is 2.25. The number of halogens is 2. The Balaban J connectivity index is 1.89. The summed E-state index contributed by atoms with van der Waals surface area (Å²) in [5.41, 5.74) is 0.748. The van der Waals surface area contributed by atoms with Gasteiger partial charge in [-0.15, -0.1) is 0 Å². The van der Waals surface area contributed by atoms with Crippen molar-refractivity contribution in [2.24, 2.45) is 0 Å². The molecule has 0 saturated carbocycles. The first-order chi connectivity index (χ1) is 12.3. The van der Waals surface area contributed by atoms with E-state index >= 15 is 0 Å². The van der Waals surface area contributed by atoms with Crippen molar-refractivity contribution in [3.63, 3.8) is 0 Å². The number of rotatable bonds is 4. The molecule has 0 atom stereocenters. The number of benzene rings is 2. The lowest BCUT2D eigenvalue weighted by molar-refractivity contribution is 0.102. The van der Waals surface area contributed by atoms with Gasteiger partial charge in [0.2, 0.25) is 10.0 Å². The largest absolute Gasteiger partial charge is 0.322 e. The Kier molecular flexibility index (Phi) is 5.06. The molecule has 0 aromatic heterocycles. The third-order valence-electron chi connectivity index (χ3n) is 4.31. The number of hydrogen-bond acceptors (Lipinski definition) is 3. The summed E-state index contributed by atoms with van der Waals surface area (Å²) in [7, 11) is -3.67. The van der Waals surface area contributed by atoms with Crippen molar-refractivity contribution in [2.45, 2.75) is 24.7 Å². The van der Waals surface area contributed by atoms with Crippen LogP contribution >= 0.6 is 0 Å².